The fourth-order valence-corrected chi connectivity index (χ4v) is 2.58. The monoisotopic (exact) mass is 218 g/mol. The van der Waals surface area contributed by atoms with E-state index in [1.54, 1.807) is 0 Å². The highest BCUT2D eigenvalue weighted by Gasteiger charge is 2.20. The van der Waals surface area contributed by atoms with Crippen molar-refractivity contribution in [2.75, 3.05) is 26.2 Å². The van der Waals surface area contributed by atoms with Crippen molar-refractivity contribution in [1.29, 1.82) is 0 Å². The molecule has 1 aromatic rings. The molecular formula is C14H22N2. The van der Waals surface area contributed by atoms with Crippen molar-refractivity contribution in [3.8, 4) is 0 Å². The predicted molar refractivity (Wildman–Crippen MR) is 68.7 cm³/mol. The lowest BCUT2D eigenvalue weighted by Gasteiger charge is -2.34. The number of benzene rings is 1. The Labute approximate surface area is 98.7 Å². The van der Waals surface area contributed by atoms with E-state index in [-0.39, 0.29) is 0 Å². The predicted octanol–water partition coefficient (Wildman–Crippen LogP) is 2.35. The molecule has 1 N–H and O–H groups in total. The standard InChI is InChI=1S/C14H22N2/c1-3-14(16-9-7-15-8-10-16)13-6-4-5-12(2)11-13/h4-6,11,14-15H,3,7-10H2,1-2H3. The van der Waals surface area contributed by atoms with E-state index in [1.165, 1.54) is 30.6 Å². The van der Waals surface area contributed by atoms with Gasteiger partial charge in [0.05, 0.1) is 0 Å². The first-order valence-corrected chi connectivity index (χ1v) is 6.32. The smallest absolute Gasteiger partial charge is 0.0346 e. The van der Waals surface area contributed by atoms with Crippen LogP contribution in [0.5, 0.6) is 0 Å². The number of piperazine rings is 1. The highest BCUT2D eigenvalue weighted by atomic mass is 15.2. The van der Waals surface area contributed by atoms with E-state index in [2.05, 4.69) is 48.3 Å². The van der Waals surface area contributed by atoms with Gasteiger partial charge in [-0.3, -0.25) is 4.90 Å². The van der Waals surface area contributed by atoms with Gasteiger partial charge in [0, 0.05) is 32.2 Å². The van der Waals surface area contributed by atoms with Gasteiger partial charge in [0.25, 0.3) is 0 Å². The Morgan fingerprint density at radius 2 is 2.06 bits per heavy atom. The third-order valence-corrected chi connectivity index (χ3v) is 3.41. The lowest BCUT2D eigenvalue weighted by atomic mass is 10.0. The summed E-state index contributed by atoms with van der Waals surface area (Å²) in [7, 11) is 0. The molecule has 0 saturated carbocycles. The minimum Gasteiger partial charge on any atom is -0.314 e. The summed E-state index contributed by atoms with van der Waals surface area (Å²) in [5, 5.41) is 3.41. The van der Waals surface area contributed by atoms with Gasteiger partial charge in [0.2, 0.25) is 0 Å². The van der Waals surface area contributed by atoms with Crippen LogP contribution in [0.25, 0.3) is 0 Å². The molecule has 0 aliphatic carbocycles. The van der Waals surface area contributed by atoms with E-state index in [0.29, 0.717) is 6.04 Å². The zero-order valence-corrected chi connectivity index (χ0v) is 10.4. The largest absolute Gasteiger partial charge is 0.314 e. The summed E-state index contributed by atoms with van der Waals surface area (Å²) in [6.45, 7) is 9.06. The van der Waals surface area contributed by atoms with Gasteiger partial charge in [0.15, 0.2) is 0 Å². The SMILES string of the molecule is CCC(c1cccc(C)c1)N1CCNCC1. The minimum atomic E-state index is 0.599. The van der Waals surface area contributed by atoms with Crippen LogP contribution in [-0.4, -0.2) is 31.1 Å². The molecule has 2 rings (SSSR count). The Morgan fingerprint density at radius 3 is 2.69 bits per heavy atom. The lowest BCUT2D eigenvalue weighted by molar-refractivity contribution is 0.169. The van der Waals surface area contributed by atoms with Crippen LogP contribution in [0, 0.1) is 6.92 Å². The molecule has 0 bridgehead atoms. The first-order valence-electron chi connectivity index (χ1n) is 6.32. The molecule has 1 unspecified atom stereocenters. The molecule has 88 valence electrons. The number of aryl methyl sites for hydroxylation is 1. The van der Waals surface area contributed by atoms with Gasteiger partial charge in [-0.05, 0) is 18.9 Å². The van der Waals surface area contributed by atoms with Crippen LogP contribution in [0.1, 0.15) is 30.5 Å². The molecule has 1 fully saturated rings. The van der Waals surface area contributed by atoms with Gasteiger partial charge >= 0.3 is 0 Å². The lowest BCUT2D eigenvalue weighted by Crippen LogP contribution is -2.45. The van der Waals surface area contributed by atoms with Crippen LogP contribution in [0.3, 0.4) is 0 Å². The van der Waals surface area contributed by atoms with Gasteiger partial charge in [-0.15, -0.1) is 0 Å². The number of nitrogens with zero attached hydrogens (tertiary/aromatic N) is 1. The van der Waals surface area contributed by atoms with E-state index in [1.807, 2.05) is 0 Å². The molecule has 0 aromatic heterocycles. The highest BCUT2D eigenvalue weighted by Crippen LogP contribution is 2.24. The van der Waals surface area contributed by atoms with Gasteiger partial charge in [-0.2, -0.15) is 0 Å². The first-order chi connectivity index (χ1) is 7.81. The van der Waals surface area contributed by atoms with Crippen LogP contribution in [0.4, 0.5) is 0 Å². The Bertz CT molecular complexity index is 329. The molecule has 1 aromatic carbocycles. The summed E-state index contributed by atoms with van der Waals surface area (Å²) >= 11 is 0. The fraction of sp³-hybridized carbons (Fsp3) is 0.571. The number of hydrogen-bond donors (Lipinski definition) is 1. The average molecular weight is 218 g/mol. The zero-order valence-electron chi connectivity index (χ0n) is 10.4. The second-order valence-corrected chi connectivity index (χ2v) is 4.62. The van der Waals surface area contributed by atoms with Gasteiger partial charge in [-0.1, -0.05) is 36.8 Å². The maximum atomic E-state index is 3.41. The number of nitrogens with one attached hydrogen (secondary N) is 1. The molecule has 0 amide bonds. The molecular weight excluding hydrogens is 196 g/mol. The fourth-order valence-electron chi connectivity index (χ4n) is 2.58. The van der Waals surface area contributed by atoms with Crippen molar-refractivity contribution in [3.63, 3.8) is 0 Å². The maximum absolute atomic E-state index is 3.41. The Balaban J connectivity index is 2.14. The topological polar surface area (TPSA) is 15.3 Å². The Morgan fingerprint density at radius 1 is 1.31 bits per heavy atom. The normalized spacial score (nSPS) is 19.6. The number of hydrogen-bond acceptors (Lipinski definition) is 2. The van der Waals surface area contributed by atoms with Crippen LogP contribution >= 0.6 is 0 Å². The van der Waals surface area contributed by atoms with Crippen molar-refractivity contribution in [2.45, 2.75) is 26.3 Å². The van der Waals surface area contributed by atoms with Crippen LogP contribution in [0.2, 0.25) is 0 Å². The molecule has 1 saturated heterocycles. The second kappa shape index (κ2) is 5.46. The van der Waals surface area contributed by atoms with E-state index in [4.69, 9.17) is 0 Å². The average Bonchev–Trinajstić information content (AvgIpc) is 2.31. The summed E-state index contributed by atoms with van der Waals surface area (Å²) in [4.78, 5) is 2.60. The van der Waals surface area contributed by atoms with Crippen molar-refractivity contribution in [3.05, 3.63) is 35.4 Å². The van der Waals surface area contributed by atoms with Crippen molar-refractivity contribution >= 4 is 0 Å². The van der Waals surface area contributed by atoms with Gasteiger partial charge in [-0.25, -0.2) is 0 Å². The van der Waals surface area contributed by atoms with Crippen LogP contribution < -0.4 is 5.32 Å². The molecule has 16 heavy (non-hydrogen) atoms. The Hall–Kier alpha value is -0.860. The third-order valence-electron chi connectivity index (χ3n) is 3.41. The highest BCUT2D eigenvalue weighted by molar-refractivity contribution is 5.25. The zero-order chi connectivity index (χ0) is 11.4. The van der Waals surface area contributed by atoms with Crippen molar-refractivity contribution in [2.24, 2.45) is 0 Å². The third kappa shape index (κ3) is 2.63. The van der Waals surface area contributed by atoms with Gasteiger partial charge < -0.3 is 5.32 Å². The molecule has 1 atom stereocenters. The molecule has 2 heteroatoms. The summed E-state index contributed by atoms with van der Waals surface area (Å²) in [6, 6.07) is 9.55. The van der Waals surface area contributed by atoms with Crippen LogP contribution in [0.15, 0.2) is 24.3 Å². The van der Waals surface area contributed by atoms with Gasteiger partial charge in [0.1, 0.15) is 0 Å². The Kier molecular flexibility index (Phi) is 3.97. The van der Waals surface area contributed by atoms with Crippen molar-refractivity contribution < 1.29 is 0 Å². The van der Waals surface area contributed by atoms with E-state index in [9.17, 15) is 0 Å². The van der Waals surface area contributed by atoms with E-state index >= 15 is 0 Å². The second-order valence-electron chi connectivity index (χ2n) is 4.62. The van der Waals surface area contributed by atoms with Crippen LogP contribution in [-0.2, 0) is 0 Å². The first kappa shape index (κ1) is 11.6. The molecule has 1 heterocycles. The molecule has 2 nitrogen and oxygen atoms in total. The number of rotatable bonds is 3. The summed E-state index contributed by atoms with van der Waals surface area (Å²) < 4.78 is 0. The van der Waals surface area contributed by atoms with Crippen molar-refractivity contribution in [1.82, 2.24) is 10.2 Å². The van der Waals surface area contributed by atoms with E-state index < -0.39 is 0 Å². The molecule has 1 aliphatic heterocycles. The molecule has 1 aliphatic rings. The quantitative estimate of drug-likeness (QED) is 0.838. The summed E-state index contributed by atoms with van der Waals surface area (Å²) in [6.07, 6.45) is 1.20. The summed E-state index contributed by atoms with van der Waals surface area (Å²) in [5.41, 5.74) is 2.84. The minimum absolute atomic E-state index is 0.599. The molecule has 0 radical (unpaired) electrons. The van der Waals surface area contributed by atoms with E-state index in [0.717, 1.165) is 13.1 Å². The summed E-state index contributed by atoms with van der Waals surface area (Å²) in [5.74, 6) is 0. The maximum Gasteiger partial charge on any atom is 0.0346 e. The molecule has 0 spiro atoms.